The molecule has 28 heavy (non-hydrogen) atoms. The van der Waals surface area contributed by atoms with Crippen molar-refractivity contribution in [2.75, 3.05) is 5.32 Å². The lowest BCUT2D eigenvalue weighted by Crippen LogP contribution is -2.13. The summed E-state index contributed by atoms with van der Waals surface area (Å²) in [6, 6.07) is 14.3. The number of carboxylic acids is 1. The van der Waals surface area contributed by atoms with Gasteiger partial charge in [0.25, 0.3) is 5.91 Å². The van der Waals surface area contributed by atoms with E-state index in [1.165, 1.54) is 11.3 Å². The van der Waals surface area contributed by atoms with Crippen LogP contribution < -0.4 is 5.32 Å². The van der Waals surface area contributed by atoms with Crippen LogP contribution in [0.15, 0.2) is 46.9 Å². The van der Waals surface area contributed by atoms with E-state index in [1.54, 1.807) is 36.4 Å². The van der Waals surface area contributed by atoms with Gasteiger partial charge in [-0.3, -0.25) is 4.79 Å². The van der Waals surface area contributed by atoms with Crippen LogP contribution in [0.1, 0.15) is 36.7 Å². The summed E-state index contributed by atoms with van der Waals surface area (Å²) in [6.45, 7) is 0. The Bertz CT molecular complexity index is 1160. The van der Waals surface area contributed by atoms with Gasteiger partial charge in [-0.2, -0.15) is 5.26 Å². The lowest BCUT2D eigenvalue weighted by Gasteiger charge is -2.17. The highest BCUT2D eigenvalue weighted by Gasteiger charge is 2.29. The summed E-state index contributed by atoms with van der Waals surface area (Å²) in [6.07, 6.45) is 1.41. The largest absolute Gasteiger partial charge is 0.478 e. The van der Waals surface area contributed by atoms with Crippen molar-refractivity contribution in [2.45, 2.75) is 12.8 Å². The van der Waals surface area contributed by atoms with E-state index >= 15 is 0 Å². The summed E-state index contributed by atoms with van der Waals surface area (Å²) >= 11 is 4.63. The predicted octanol–water partition coefficient (Wildman–Crippen LogP) is 5.10. The zero-order chi connectivity index (χ0) is 19.8. The molecule has 4 rings (SSSR count). The molecule has 0 spiro atoms. The number of rotatable bonds is 3. The third-order valence-electron chi connectivity index (χ3n) is 4.65. The van der Waals surface area contributed by atoms with Gasteiger partial charge in [-0.15, -0.1) is 11.3 Å². The molecule has 2 aromatic carbocycles. The molecule has 1 aliphatic rings. The highest BCUT2D eigenvalue weighted by Crippen LogP contribution is 2.45. The minimum Gasteiger partial charge on any atom is -0.478 e. The predicted molar refractivity (Wildman–Crippen MR) is 111 cm³/mol. The number of nitrogens with one attached hydrogen (secondary N) is 1. The normalized spacial score (nSPS) is 11.9. The number of thiophene rings is 1. The Labute approximate surface area is 173 Å². The SMILES string of the molecule is N#Cc1ccc2c(c1)CCc1sc(NC(=O)c3ccc(Br)cc3)c(C(=O)O)c1-2. The molecule has 1 aliphatic carbocycles. The molecule has 0 aliphatic heterocycles. The maximum absolute atomic E-state index is 12.6. The molecule has 2 N–H and O–H groups in total. The number of nitriles is 1. The minimum absolute atomic E-state index is 0.108. The van der Waals surface area contributed by atoms with Crippen molar-refractivity contribution in [1.29, 1.82) is 5.26 Å². The maximum Gasteiger partial charge on any atom is 0.339 e. The minimum atomic E-state index is -1.08. The van der Waals surface area contributed by atoms with Crippen LogP contribution in [0.3, 0.4) is 0 Å². The van der Waals surface area contributed by atoms with Crippen molar-refractivity contribution in [3.05, 3.63) is 74.1 Å². The number of amides is 1. The van der Waals surface area contributed by atoms with E-state index in [0.717, 1.165) is 26.9 Å². The molecule has 1 aromatic heterocycles. The molecule has 0 unspecified atom stereocenters. The van der Waals surface area contributed by atoms with Crippen molar-refractivity contribution < 1.29 is 14.7 Å². The number of hydrogen-bond acceptors (Lipinski definition) is 4. The molecule has 0 atom stereocenters. The number of anilines is 1. The van der Waals surface area contributed by atoms with Gasteiger partial charge >= 0.3 is 5.97 Å². The van der Waals surface area contributed by atoms with E-state index < -0.39 is 5.97 Å². The molecule has 7 heteroatoms. The second kappa shape index (κ2) is 7.23. The first-order chi connectivity index (χ1) is 13.5. The molecule has 1 amide bonds. The van der Waals surface area contributed by atoms with Gasteiger partial charge in [0.15, 0.2) is 0 Å². The van der Waals surface area contributed by atoms with Crippen LogP contribution in [-0.4, -0.2) is 17.0 Å². The van der Waals surface area contributed by atoms with E-state index in [9.17, 15) is 14.7 Å². The van der Waals surface area contributed by atoms with Gasteiger partial charge in [-0.25, -0.2) is 4.79 Å². The first-order valence-corrected chi connectivity index (χ1v) is 10.1. The fourth-order valence-corrected chi connectivity index (χ4v) is 4.83. The number of nitrogens with zero attached hydrogens (tertiary/aromatic N) is 1. The number of aryl methyl sites for hydroxylation is 2. The average Bonchev–Trinajstić information content (AvgIpc) is 3.06. The van der Waals surface area contributed by atoms with Crippen molar-refractivity contribution in [3.8, 4) is 17.2 Å². The molecule has 0 bridgehead atoms. The van der Waals surface area contributed by atoms with Crippen molar-refractivity contribution in [1.82, 2.24) is 0 Å². The summed E-state index contributed by atoms with van der Waals surface area (Å²) in [7, 11) is 0. The van der Waals surface area contributed by atoms with Gasteiger partial charge in [0.05, 0.1) is 11.6 Å². The van der Waals surface area contributed by atoms with Gasteiger partial charge in [0, 0.05) is 20.5 Å². The zero-order valence-corrected chi connectivity index (χ0v) is 16.9. The van der Waals surface area contributed by atoms with Gasteiger partial charge in [0.1, 0.15) is 10.6 Å². The molecular formula is C21H13BrN2O3S. The molecule has 3 aromatic rings. The van der Waals surface area contributed by atoms with Crippen LogP contribution in [0.2, 0.25) is 0 Å². The smallest absolute Gasteiger partial charge is 0.339 e. The first kappa shape index (κ1) is 18.4. The fourth-order valence-electron chi connectivity index (χ4n) is 3.37. The number of halogens is 1. The van der Waals surface area contributed by atoms with Crippen molar-refractivity contribution >= 4 is 44.1 Å². The average molecular weight is 453 g/mol. The standard InChI is InChI=1S/C21H13BrN2O3S/c22-14-5-2-12(3-6-14)19(25)24-20-18(21(26)27)17-15-7-1-11(10-23)9-13(15)4-8-16(17)28-20/h1-3,5-7,9H,4,8H2,(H,24,25)(H,26,27). The first-order valence-electron chi connectivity index (χ1n) is 8.47. The molecule has 0 fully saturated rings. The number of carboxylic acid groups (broad SMARTS) is 1. The van der Waals surface area contributed by atoms with Crippen molar-refractivity contribution in [3.63, 3.8) is 0 Å². The maximum atomic E-state index is 12.6. The number of carbonyl (C=O) groups excluding carboxylic acids is 1. The third kappa shape index (κ3) is 3.21. The van der Waals surface area contributed by atoms with E-state index in [1.807, 2.05) is 6.07 Å². The summed E-state index contributed by atoms with van der Waals surface area (Å²) in [5.74, 6) is -1.44. The van der Waals surface area contributed by atoms with Crippen LogP contribution in [-0.2, 0) is 12.8 Å². The lowest BCUT2D eigenvalue weighted by molar-refractivity contribution is 0.0699. The van der Waals surface area contributed by atoms with Crippen LogP contribution >= 0.6 is 27.3 Å². The molecular weight excluding hydrogens is 440 g/mol. The summed E-state index contributed by atoms with van der Waals surface area (Å²) in [5, 5.41) is 22.1. The Hall–Kier alpha value is -2.95. The lowest BCUT2D eigenvalue weighted by atomic mass is 9.87. The Morgan fingerprint density at radius 1 is 1.14 bits per heavy atom. The Balaban J connectivity index is 1.77. The fraction of sp³-hybridized carbons (Fsp3) is 0.0952. The highest BCUT2D eigenvalue weighted by atomic mass is 79.9. The van der Waals surface area contributed by atoms with Gasteiger partial charge in [-0.05, 0) is 60.4 Å². The van der Waals surface area contributed by atoms with Gasteiger partial charge in [-0.1, -0.05) is 22.0 Å². The number of benzene rings is 2. The molecule has 1 heterocycles. The molecule has 0 saturated heterocycles. The van der Waals surface area contributed by atoms with Gasteiger partial charge in [0.2, 0.25) is 0 Å². The van der Waals surface area contributed by atoms with E-state index in [-0.39, 0.29) is 11.5 Å². The Kier molecular flexibility index (Phi) is 4.75. The van der Waals surface area contributed by atoms with E-state index in [4.69, 9.17) is 5.26 Å². The second-order valence-corrected chi connectivity index (χ2v) is 8.38. The summed E-state index contributed by atoms with van der Waals surface area (Å²) in [4.78, 5) is 25.6. The zero-order valence-electron chi connectivity index (χ0n) is 14.5. The quantitative estimate of drug-likeness (QED) is 0.578. The van der Waals surface area contributed by atoms with E-state index in [0.29, 0.717) is 28.1 Å². The Morgan fingerprint density at radius 2 is 1.89 bits per heavy atom. The van der Waals surface area contributed by atoms with E-state index in [2.05, 4.69) is 27.3 Å². The van der Waals surface area contributed by atoms with Crippen LogP contribution in [0, 0.1) is 11.3 Å². The third-order valence-corrected chi connectivity index (χ3v) is 6.35. The van der Waals surface area contributed by atoms with Crippen LogP contribution in [0.4, 0.5) is 5.00 Å². The molecule has 138 valence electrons. The second-order valence-electron chi connectivity index (χ2n) is 6.35. The molecule has 0 saturated carbocycles. The molecule has 0 radical (unpaired) electrons. The number of fused-ring (bicyclic) bond motifs is 3. The van der Waals surface area contributed by atoms with Crippen molar-refractivity contribution in [2.24, 2.45) is 0 Å². The van der Waals surface area contributed by atoms with Gasteiger partial charge < -0.3 is 10.4 Å². The molecule has 5 nitrogen and oxygen atoms in total. The number of hydrogen-bond donors (Lipinski definition) is 2. The summed E-state index contributed by atoms with van der Waals surface area (Å²) < 4.78 is 0.857. The Morgan fingerprint density at radius 3 is 2.57 bits per heavy atom. The van der Waals surface area contributed by atoms with Crippen LogP contribution in [0.5, 0.6) is 0 Å². The topological polar surface area (TPSA) is 90.2 Å². The summed E-state index contributed by atoms with van der Waals surface area (Å²) in [5.41, 5.74) is 3.53. The number of aromatic carboxylic acids is 1. The monoisotopic (exact) mass is 452 g/mol. The number of carbonyl (C=O) groups is 2. The highest BCUT2D eigenvalue weighted by molar-refractivity contribution is 9.10. The van der Waals surface area contributed by atoms with Crippen LogP contribution in [0.25, 0.3) is 11.1 Å².